The molecule has 0 bridgehead atoms. The SMILES string of the molecule is CSc1nc(N)nc(-c2cc3c(cc2Cl)COCC3)n1. The van der Waals surface area contributed by atoms with Gasteiger partial charge in [0, 0.05) is 5.56 Å². The lowest BCUT2D eigenvalue weighted by Crippen LogP contribution is -2.10. The highest BCUT2D eigenvalue weighted by molar-refractivity contribution is 7.98. The quantitative estimate of drug-likeness (QED) is 0.860. The van der Waals surface area contributed by atoms with Crippen molar-refractivity contribution in [2.45, 2.75) is 18.2 Å². The number of aromatic nitrogens is 3. The number of nitrogens with zero attached hydrogens (tertiary/aromatic N) is 3. The second-order valence-electron chi connectivity index (χ2n) is 4.41. The van der Waals surface area contributed by atoms with Gasteiger partial charge in [-0.1, -0.05) is 23.4 Å². The zero-order chi connectivity index (χ0) is 14.1. The van der Waals surface area contributed by atoms with E-state index in [1.807, 2.05) is 18.4 Å². The maximum atomic E-state index is 6.34. The standard InChI is InChI=1S/C13H13ClN4OS/c1-20-13-17-11(16-12(15)18-13)9-4-7-2-3-19-6-8(7)5-10(9)14/h4-5H,2-3,6H2,1H3,(H2,15,16,17,18). The van der Waals surface area contributed by atoms with Crippen molar-refractivity contribution >= 4 is 29.3 Å². The number of anilines is 1. The lowest BCUT2D eigenvalue weighted by atomic mass is 10.00. The fourth-order valence-electron chi connectivity index (χ4n) is 2.15. The van der Waals surface area contributed by atoms with Gasteiger partial charge in [0.25, 0.3) is 0 Å². The fraction of sp³-hybridized carbons (Fsp3) is 0.308. The van der Waals surface area contributed by atoms with Crippen LogP contribution in [0, 0.1) is 0 Å². The second-order valence-corrected chi connectivity index (χ2v) is 5.59. The summed E-state index contributed by atoms with van der Waals surface area (Å²) in [6.07, 6.45) is 2.76. The molecule has 0 unspecified atom stereocenters. The van der Waals surface area contributed by atoms with E-state index in [4.69, 9.17) is 22.1 Å². The number of fused-ring (bicyclic) bond motifs is 1. The van der Waals surface area contributed by atoms with E-state index in [0.29, 0.717) is 22.6 Å². The molecule has 0 amide bonds. The summed E-state index contributed by atoms with van der Waals surface area (Å²) in [6, 6.07) is 3.95. The predicted octanol–water partition coefficient (Wildman–Crippen LogP) is 2.57. The number of halogens is 1. The summed E-state index contributed by atoms with van der Waals surface area (Å²) in [7, 11) is 0. The van der Waals surface area contributed by atoms with Gasteiger partial charge in [0.15, 0.2) is 11.0 Å². The topological polar surface area (TPSA) is 73.9 Å². The van der Waals surface area contributed by atoms with Gasteiger partial charge in [-0.15, -0.1) is 0 Å². The summed E-state index contributed by atoms with van der Waals surface area (Å²) in [6.45, 7) is 1.33. The molecule has 0 spiro atoms. The number of nitrogens with two attached hydrogens (primary N) is 1. The lowest BCUT2D eigenvalue weighted by Gasteiger charge is -2.18. The van der Waals surface area contributed by atoms with Gasteiger partial charge in [-0.05, 0) is 35.9 Å². The van der Waals surface area contributed by atoms with E-state index in [1.54, 1.807) is 0 Å². The summed E-state index contributed by atoms with van der Waals surface area (Å²) in [5, 5.41) is 1.19. The van der Waals surface area contributed by atoms with Crippen LogP contribution in [-0.2, 0) is 17.8 Å². The Bertz CT molecular complexity index is 665. The Kier molecular flexibility index (Phi) is 3.78. The molecule has 7 heteroatoms. The first kappa shape index (κ1) is 13.6. The Morgan fingerprint density at radius 3 is 2.90 bits per heavy atom. The molecule has 3 rings (SSSR count). The van der Waals surface area contributed by atoms with Crippen molar-refractivity contribution in [1.29, 1.82) is 0 Å². The Morgan fingerprint density at radius 1 is 1.25 bits per heavy atom. The van der Waals surface area contributed by atoms with E-state index >= 15 is 0 Å². The van der Waals surface area contributed by atoms with Crippen molar-refractivity contribution in [2.75, 3.05) is 18.6 Å². The number of thioether (sulfide) groups is 1. The Balaban J connectivity index is 2.12. The molecule has 1 aliphatic heterocycles. The maximum absolute atomic E-state index is 6.34. The van der Waals surface area contributed by atoms with E-state index in [-0.39, 0.29) is 5.95 Å². The van der Waals surface area contributed by atoms with Crippen LogP contribution in [0.15, 0.2) is 17.3 Å². The molecular formula is C13H13ClN4OS. The molecule has 0 fully saturated rings. The van der Waals surface area contributed by atoms with Crippen LogP contribution in [0.2, 0.25) is 5.02 Å². The van der Waals surface area contributed by atoms with Gasteiger partial charge in [-0.3, -0.25) is 0 Å². The normalized spacial score (nSPS) is 14.1. The van der Waals surface area contributed by atoms with Crippen molar-refractivity contribution in [3.05, 3.63) is 28.3 Å². The van der Waals surface area contributed by atoms with Crippen molar-refractivity contribution in [2.24, 2.45) is 0 Å². The van der Waals surface area contributed by atoms with Crippen LogP contribution in [0.1, 0.15) is 11.1 Å². The monoisotopic (exact) mass is 308 g/mol. The second kappa shape index (κ2) is 5.55. The van der Waals surface area contributed by atoms with Gasteiger partial charge in [0.1, 0.15) is 0 Å². The number of benzene rings is 1. The average Bonchev–Trinajstić information content (AvgIpc) is 2.45. The molecule has 0 radical (unpaired) electrons. The van der Waals surface area contributed by atoms with E-state index in [9.17, 15) is 0 Å². The molecule has 2 aromatic rings. The highest BCUT2D eigenvalue weighted by atomic mass is 35.5. The minimum absolute atomic E-state index is 0.205. The van der Waals surface area contributed by atoms with Crippen LogP contribution in [0.5, 0.6) is 0 Å². The summed E-state index contributed by atoms with van der Waals surface area (Å²) in [5.74, 6) is 0.720. The summed E-state index contributed by atoms with van der Waals surface area (Å²) < 4.78 is 5.43. The minimum Gasteiger partial charge on any atom is -0.376 e. The average molecular weight is 309 g/mol. The van der Waals surface area contributed by atoms with Gasteiger partial charge >= 0.3 is 0 Å². The first-order chi connectivity index (χ1) is 9.67. The molecular weight excluding hydrogens is 296 g/mol. The third-order valence-electron chi connectivity index (χ3n) is 3.12. The molecule has 0 saturated heterocycles. The molecule has 1 aromatic carbocycles. The third kappa shape index (κ3) is 2.59. The molecule has 0 atom stereocenters. The van der Waals surface area contributed by atoms with Crippen molar-refractivity contribution in [3.63, 3.8) is 0 Å². The first-order valence-electron chi connectivity index (χ1n) is 6.12. The summed E-state index contributed by atoms with van der Waals surface area (Å²) in [4.78, 5) is 12.6. The third-order valence-corrected chi connectivity index (χ3v) is 3.98. The van der Waals surface area contributed by atoms with E-state index in [1.165, 1.54) is 17.3 Å². The Labute approximate surface area is 125 Å². The predicted molar refractivity (Wildman–Crippen MR) is 79.8 cm³/mol. The summed E-state index contributed by atoms with van der Waals surface area (Å²) >= 11 is 7.76. The van der Waals surface area contributed by atoms with Crippen molar-refractivity contribution in [3.8, 4) is 11.4 Å². The molecule has 2 heterocycles. The van der Waals surface area contributed by atoms with Crippen LogP contribution in [0.4, 0.5) is 5.95 Å². The summed E-state index contributed by atoms with van der Waals surface area (Å²) in [5.41, 5.74) is 8.86. The molecule has 104 valence electrons. The molecule has 2 N–H and O–H groups in total. The number of nitrogen functional groups attached to an aromatic ring is 1. The number of hydrogen-bond acceptors (Lipinski definition) is 6. The number of hydrogen-bond donors (Lipinski definition) is 1. The van der Waals surface area contributed by atoms with E-state index < -0.39 is 0 Å². The molecule has 0 aliphatic carbocycles. The fourth-order valence-corrected chi connectivity index (χ4v) is 2.78. The number of rotatable bonds is 2. The lowest BCUT2D eigenvalue weighted by molar-refractivity contribution is 0.111. The largest absolute Gasteiger partial charge is 0.376 e. The maximum Gasteiger partial charge on any atom is 0.224 e. The van der Waals surface area contributed by atoms with Crippen molar-refractivity contribution in [1.82, 2.24) is 15.0 Å². The van der Waals surface area contributed by atoms with Gasteiger partial charge in [-0.25, -0.2) is 4.98 Å². The Morgan fingerprint density at radius 2 is 2.10 bits per heavy atom. The zero-order valence-corrected chi connectivity index (χ0v) is 12.5. The highest BCUT2D eigenvalue weighted by Crippen LogP contribution is 2.31. The van der Waals surface area contributed by atoms with Gasteiger partial charge in [0.05, 0.1) is 18.2 Å². The number of ether oxygens (including phenoxy) is 1. The van der Waals surface area contributed by atoms with Gasteiger partial charge in [0.2, 0.25) is 5.95 Å². The van der Waals surface area contributed by atoms with Crippen LogP contribution in [-0.4, -0.2) is 27.8 Å². The molecule has 20 heavy (non-hydrogen) atoms. The first-order valence-corrected chi connectivity index (χ1v) is 7.72. The minimum atomic E-state index is 0.205. The highest BCUT2D eigenvalue weighted by Gasteiger charge is 2.16. The van der Waals surface area contributed by atoms with Crippen LogP contribution < -0.4 is 5.73 Å². The van der Waals surface area contributed by atoms with Gasteiger partial charge in [-0.2, -0.15) is 9.97 Å². The molecule has 1 aliphatic rings. The Hall–Kier alpha value is -1.37. The van der Waals surface area contributed by atoms with Crippen LogP contribution in [0.3, 0.4) is 0 Å². The van der Waals surface area contributed by atoms with Crippen LogP contribution in [0.25, 0.3) is 11.4 Å². The smallest absolute Gasteiger partial charge is 0.224 e. The van der Waals surface area contributed by atoms with Gasteiger partial charge < -0.3 is 10.5 Å². The van der Waals surface area contributed by atoms with E-state index in [2.05, 4.69) is 15.0 Å². The van der Waals surface area contributed by atoms with E-state index in [0.717, 1.165) is 24.2 Å². The molecule has 5 nitrogen and oxygen atoms in total. The van der Waals surface area contributed by atoms with Crippen molar-refractivity contribution < 1.29 is 4.74 Å². The van der Waals surface area contributed by atoms with Crippen LogP contribution >= 0.6 is 23.4 Å². The molecule has 0 saturated carbocycles. The molecule has 1 aromatic heterocycles. The zero-order valence-electron chi connectivity index (χ0n) is 10.9.